The third-order valence-electron chi connectivity index (χ3n) is 3.79. The highest BCUT2D eigenvalue weighted by atomic mass is 16.5. The Labute approximate surface area is 162 Å². The van der Waals surface area contributed by atoms with E-state index in [1.54, 1.807) is 0 Å². The Morgan fingerprint density at radius 1 is 0.769 bits per heavy atom. The molecule has 0 rings (SSSR count). The zero-order valence-corrected chi connectivity index (χ0v) is 17.3. The van der Waals surface area contributed by atoms with Gasteiger partial charge in [0.2, 0.25) is 0 Å². The fourth-order valence-corrected chi connectivity index (χ4v) is 2.26. The fraction of sp³-hybridized carbons (Fsp3) is 0.625. The quantitative estimate of drug-likeness (QED) is 0.164. The minimum absolute atomic E-state index is 0.0745. The number of rotatable bonds is 16. The normalized spacial score (nSPS) is 12.5. The standard InChI is InChI=1S/C24H40O2/c1-4-5-6-7-8-9-10-11-12-13-14-15-16-17-18-19-20-21-24(25)26-22-23(2)3/h8-9,11-12,14-15,17-18,23H,4-7,10,13,16,19-22H2,1-3H3/b9-8-,12-11-,15-14-,18-17+. The van der Waals surface area contributed by atoms with Crippen molar-refractivity contribution in [3.8, 4) is 0 Å². The van der Waals surface area contributed by atoms with Crippen LogP contribution in [0.15, 0.2) is 48.6 Å². The molecule has 0 aromatic carbocycles. The van der Waals surface area contributed by atoms with Gasteiger partial charge < -0.3 is 4.74 Å². The zero-order valence-electron chi connectivity index (χ0n) is 17.3. The number of hydrogen-bond donors (Lipinski definition) is 0. The first kappa shape index (κ1) is 24.4. The van der Waals surface area contributed by atoms with Gasteiger partial charge in [-0.3, -0.25) is 4.79 Å². The maximum absolute atomic E-state index is 11.4. The van der Waals surface area contributed by atoms with Gasteiger partial charge >= 0.3 is 5.97 Å². The number of unbranched alkanes of at least 4 members (excludes halogenated alkanes) is 4. The summed E-state index contributed by atoms with van der Waals surface area (Å²) in [5.74, 6) is 0.335. The molecule has 26 heavy (non-hydrogen) atoms. The van der Waals surface area contributed by atoms with Crippen molar-refractivity contribution >= 4 is 5.97 Å². The van der Waals surface area contributed by atoms with E-state index in [1.807, 2.05) is 13.8 Å². The Kier molecular flexibility index (Phi) is 18.6. The van der Waals surface area contributed by atoms with Crippen molar-refractivity contribution in [2.75, 3.05) is 6.61 Å². The van der Waals surface area contributed by atoms with Gasteiger partial charge in [-0.2, -0.15) is 0 Å². The molecule has 0 bridgehead atoms. The summed E-state index contributed by atoms with van der Waals surface area (Å²) in [6, 6.07) is 0. The van der Waals surface area contributed by atoms with E-state index < -0.39 is 0 Å². The van der Waals surface area contributed by atoms with Crippen molar-refractivity contribution in [3.63, 3.8) is 0 Å². The largest absolute Gasteiger partial charge is 0.465 e. The number of carbonyl (C=O) groups excluding carboxylic acids is 1. The molecule has 0 amide bonds. The van der Waals surface area contributed by atoms with E-state index in [0.29, 0.717) is 18.9 Å². The van der Waals surface area contributed by atoms with Crippen molar-refractivity contribution < 1.29 is 9.53 Å². The molecule has 0 aromatic heterocycles. The van der Waals surface area contributed by atoms with Crippen molar-refractivity contribution in [3.05, 3.63) is 48.6 Å². The predicted molar refractivity (Wildman–Crippen MR) is 114 cm³/mol. The van der Waals surface area contributed by atoms with Crippen LogP contribution < -0.4 is 0 Å². The summed E-state index contributed by atoms with van der Waals surface area (Å²) in [6.07, 6.45) is 28.2. The van der Waals surface area contributed by atoms with Gasteiger partial charge in [0.15, 0.2) is 0 Å². The lowest BCUT2D eigenvalue weighted by Crippen LogP contribution is -2.09. The molecule has 2 nitrogen and oxygen atoms in total. The molecule has 0 radical (unpaired) electrons. The van der Waals surface area contributed by atoms with Crippen molar-refractivity contribution in [2.45, 2.75) is 85.0 Å². The predicted octanol–water partition coefficient (Wildman–Crippen LogP) is 7.33. The third-order valence-corrected chi connectivity index (χ3v) is 3.79. The van der Waals surface area contributed by atoms with Crippen molar-refractivity contribution in [1.29, 1.82) is 0 Å². The SMILES string of the molecule is CCCCC/C=C\C/C=C\C/C=C\C/C=C/CCCC(=O)OCC(C)C. The molecule has 0 saturated heterocycles. The van der Waals surface area contributed by atoms with E-state index in [4.69, 9.17) is 4.74 Å². The Hall–Kier alpha value is -1.57. The molecule has 0 spiro atoms. The molecule has 148 valence electrons. The number of esters is 1. The lowest BCUT2D eigenvalue weighted by molar-refractivity contribution is -0.144. The van der Waals surface area contributed by atoms with Crippen LogP contribution in [0.1, 0.15) is 85.0 Å². The Bertz CT molecular complexity index is 427. The highest BCUT2D eigenvalue weighted by molar-refractivity contribution is 5.69. The van der Waals surface area contributed by atoms with Gasteiger partial charge in [-0.1, -0.05) is 82.2 Å². The van der Waals surface area contributed by atoms with Gasteiger partial charge in [0, 0.05) is 6.42 Å². The summed E-state index contributed by atoms with van der Waals surface area (Å²) in [5.41, 5.74) is 0. The second-order valence-corrected chi connectivity index (χ2v) is 7.06. The Morgan fingerprint density at radius 3 is 1.77 bits per heavy atom. The van der Waals surface area contributed by atoms with E-state index >= 15 is 0 Å². The van der Waals surface area contributed by atoms with Crippen LogP contribution in [0.2, 0.25) is 0 Å². The molecule has 0 unspecified atom stereocenters. The minimum Gasteiger partial charge on any atom is -0.465 e. The van der Waals surface area contributed by atoms with Gasteiger partial charge in [-0.25, -0.2) is 0 Å². The lowest BCUT2D eigenvalue weighted by Gasteiger charge is -2.06. The molecule has 0 aliphatic rings. The highest BCUT2D eigenvalue weighted by Gasteiger charge is 2.02. The van der Waals surface area contributed by atoms with Crippen molar-refractivity contribution in [2.24, 2.45) is 5.92 Å². The number of hydrogen-bond acceptors (Lipinski definition) is 2. The lowest BCUT2D eigenvalue weighted by atomic mass is 10.2. The topological polar surface area (TPSA) is 26.3 Å². The summed E-state index contributed by atoms with van der Waals surface area (Å²) >= 11 is 0. The third kappa shape index (κ3) is 20.5. The highest BCUT2D eigenvalue weighted by Crippen LogP contribution is 2.03. The molecule has 0 aliphatic carbocycles. The Balaban J connectivity index is 3.47. The van der Waals surface area contributed by atoms with Crippen LogP contribution in [0, 0.1) is 5.92 Å². The van der Waals surface area contributed by atoms with E-state index in [9.17, 15) is 4.79 Å². The van der Waals surface area contributed by atoms with Crippen LogP contribution in [0.25, 0.3) is 0 Å². The molecule has 0 N–H and O–H groups in total. The molecule has 0 heterocycles. The molecule has 0 saturated carbocycles. The maximum atomic E-state index is 11.4. The number of ether oxygens (including phenoxy) is 1. The molecule has 2 heteroatoms. The monoisotopic (exact) mass is 360 g/mol. The second-order valence-electron chi connectivity index (χ2n) is 7.06. The first-order valence-corrected chi connectivity index (χ1v) is 10.4. The number of allylic oxidation sites excluding steroid dienone is 8. The molecule has 0 aliphatic heterocycles. The first-order valence-electron chi connectivity index (χ1n) is 10.4. The van der Waals surface area contributed by atoms with Crippen molar-refractivity contribution in [1.82, 2.24) is 0 Å². The van der Waals surface area contributed by atoms with Gasteiger partial charge in [0.25, 0.3) is 0 Å². The summed E-state index contributed by atoms with van der Waals surface area (Å²) < 4.78 is 5.15. The summed E-state index contributed by atoms with van der Waals surface area (Å²) in [5, 5.41) is 0. The second kappa shape index (κ2) is 19.8. The number of carbonyl (C=O) groups is 1. The maximum Gasteiger partial charge on any atom is 0.305 e. The van der Waals surface area contributed by atoms with Crippen LogP contribution in [0.3, 0.4) is 0 Å². The summed E-state index contributed by atoms with van der Waals surface area (Å²) in [7, 11) is 0. The van der Waals surface area contributed by atoms with E-state index in [2.05, 4.69) is 55.5 Å². The summed E-state index contributed by atoms with van der Waals surface area (Å²) in [6.45, 7) is 6.87. The first-order chi connectivity index (χ1) is 12.7. The fourth-order valence-electron chi connectivity index (χ4n) is 2.26. The van der Waals surface area contributed by atoms with Crippen LogP contribution in [0.4, 0.5) is 0 Å². The van der Waals surface area contributed by atoms with Crippen LogP contribution in [0.5, 0.6) is 0 Å². The molecule has 0 aromatic rings. The average molecular weight is 361 g/mol. The van der Waals surface area contributed by atoms with Gasteiger partial charge in [0.1, 0.15) is 0 Å². The van der Waals surface area contributed by atoms with E-state index in [1.165, 1.54) is 25.7 Å². The molecular weight excluding hydrogens is 320 g/mol. The molecule has 0 fully saturated rings. The van der Waals surface area contributed by atoms with E-state index in [-0.39, 0.29) is 5.97 Å². The smallest absolute Gasteiger partial charge is 0.305 e. The van der Waals surface area contributed by atoms with Crippen LogP contribution in [-0.2, 0) is 9.53 Å². The Morgan fingerprint density at radius 2 is 1.27 bits per heavy atom. The average Bonchev–Trinajstić information content (AvgIpc) is 2.62. The molecular formula is C24H40O2. The summed E-state index contributed by atoms with van der Waals surface area (Å²) in [4.78, 5) is 11.4. The van der Waals surface area contributed by atoms with Gasteiger partial charge in [0.05, 0.1) is 6.61 Å². The zero-order chi connectivity index (χ0) is 19.3. The molecule has 0 atom stereocenters. The van der Waals surface area contributed by atoms with E-state index in [0.717, 1.165) is 32.1 Å². The van der Waals surface area contributed by atoms with Crippen LogP contribution in [-0.4, -0.2) is 12.6 Å². The van der Waals surface area contributed by atoms with Gasteiger partial charge in [-0.15, -0.1) is 0 Å². The minimum atomic E-state index is -0.0745. The van der Waals surface area contributed by atoms with Crippen LogP contribution >= 0.6 is 0 Å². The van der Waals surface area contributed by atoms with Gasteiger partial charge in [-0.05, 0) is 50.9 Å².